The van der Waals surface area contributed by atoms with Crippen molar-refractivity contribution in [2.75, 3.05) is 33.5 Å². The lowest BCUT2D eigenvalue weighted by atomic mass is 9.78. The first-order valence-electron chi connectivity index (χ1n) is 18.1. The van der Waals surface area contributed by atoms with Crippen LogP contribution in [0.15, 0.2) is 110 Å². The summed E-state index contributed by atoms with van der Waals surface area (Å²) in [5.74, 6) is 3.01. The average molecular weight is 1540 g/mol. The van der Waals surface area contributed by atoms with Gasteiger partial charge in [0.2, 0.25) is 0 Å². The van der Waals surface area contributed by atoms with Crippen molar-refractivity contribution in [3.05, 3.63) is 132 Å². The highest BCUT2D eigenvalue weighted by molar-refractivity contribution is 9.12. The van der Waals surface area contributed by atoms with Crippen LogP contribution in [0.2, 0.25) is 0 Å². The third-order valence-electron chi connectivity index (χ3n) is 9.73. The summed E-state index contributed by atoms with van der Waals surface area (Å²) in [4.78, 5) is 0. The summed E-state index contributed by atoms with van der Waals surface area (Å²) in [5.41, 5.74) is 3.30. The number of benzene rings is 5. The van der Waals surface area contributed by atoms with Crippen LogP contribution in [0.1, 0.15) is 49.9 Å². The molecule has 0 saturated heterocycles. The molecule has 0 amide bonds. The molecule has 0 aliphatic rings. The molecule has 2 N–H and O–H groups in total. The Bertz CT molecular complexity index is 2290. The number of rotatable bonds is 17. The van der Waals surface area contributed by atoms with Crippen molar-refractivity contribution in [2.45, 2.75) is 50.7 Å². The number of aliphatic hydroxyl groups is 2. The lowest BCUT2D eigenvalue weighted by Gasteiger charge is -2.29. The predicted octanol–water partition coefficient (Wildman–Crippen LogP) is 16.4. The third kappa shape index (κ3) is 12.8. The molecule has 2 unspecified atom stereocenters. The molecule has 0 aromatic heterocycles. The Labute approximate surface area is 448 Å². The maximum atomic E-state index is 11.0. The third-order valence-corrected chi connectivity index (χ3v) is 16.1. The molecular weight excluding hydrogens is 1510 g/mol. The normalized spacial score (nSPS) is 12.9. The Morgan fingerprint density at radius 3 is 0.787 bits per heavy atom. The van der Waals surface area contributed by atoms with Crippen LogP contribution in [0.4, 0.5) is 0 Å². The molecule has 7 nitrogen and oxygen atoms in total. The summed E-state index contributed by atoms with van der Waals surface area (Å²) in [7, 11) is 1.64. The Kier molecular flexibility index (Phi) is 19.2. The van der Waals surface area contributed by atoms with E-state index in [0.29, 0.717) is 31.9 Å². The van der Waals surface area contributed by atoms with Crippen molar-refractivity contribution in [1.82, 2.24) is 0 Å². The zero-order valence-corrected chi connectivity index (χ0v) is 50.3. The fourth-order valence-electron chi connectivity index (χ4n) is 6.11. The van der Waals surface area contributed by atoms with Crippen LogP contribution in [0.25, 0.3) is 0 Å². The van der Waals surface area contributed by atoms with Crippen LogP contribution < -0.4 is 23.7 Å². The lowest BCUT2D eigenvalue weighted by Crippen LogP contribution is -2.26. The van der Waals surface area contributed by atoms with E-state index in [4.69, 9.17) is 23.7 Å². The van der Waals surface area contributed by atoms with E-state index in [1.807, 2.05) is 48.5 Å². The molecule has 18 heteroatoms. The molecule has 61 heavy (non-hydrogen) atoms. The number of methoxy groups -OCH3 is 1. The fourth-order valence-corrected chi connectivity index (χ4v) is 14.4. The molecule has 5 aromatic rings. The van der Waals surface area contributed by atoms with E-state index in [0.717, 1.165) is 68.3 Å². The van der Waals surface area contributed by atoms with Gasteiger partial charge in [-0.05, 0) is 242 Å². The van der Waals surface area contributed by atoms with Crippen molar-refractivity contribution >= 4 is 175 Å². The summed E-state index contributed by atoms with van der Waals surface area (Å²) < 4.78 is 38.1. The highest BCUT2D eigenvalue weighted by atomic mass is 79.9. The van der Waals surface area contributed by atoms with E-state index in [9.17, 15) is 10.2 Å². The van der Waals surface area contributed by atoms with Crippen molar-refractivity contribution in [1.29, 1.82) is 0 Å². The Balaban J connectivity index is 1.20. The number of aliphatic hydroxyl groups excluding tert-OH is 2. The SMILES string of the molecule is COc1c(Br)cc(C(C)(C)c2cc(Br)c(OCC(O)COc3c(Br)cc(C(C)(C)c4cc(Br)c(OCC(O)COc5c(Br)cc(Br)cc5Br)c(Br)c4)cc3Br)c(Br)c2)cc1Br. The zero-order valence-electron chi connectivity index (χ0n) is 32.8. The van der Waals surface area contributed by atoms with Gasteiger partial charge in [0.1, 0.15) is 67.4 Å². The summed E-state index contributed by atoms with van der Waals surface area (Å²) in [6, 6.07) is 19.9. The minimum atomic E-state index is -0.932. The van der Waals surface area contributed by atoms with Gasteiger partial charge in [-0.25, -0.2) is 0 Å². The van der Waals surface area contributed by atoms with Gasteiger partial charge in [-0.3, -0.25) is 0 Å². The van der Waals surface area contributed by atoms with Gasteiger partial charge in [-0.15, -0.1) is 0 Å². The van der Waals surface area contributed by atoms with E-state index >= 15 is 0 Å². The quantitative estimate of drug-likeness (QED) is 0.0959. The standard InChI is InChI=1S/C43H37Br11O7/c1-42(2,20-6-27(45)37(57-5)28(46)7-20)21-8-29(47)38(30(48)9-21)58-16-25(55)17-59-39-31(49)10-22(11-32(39)50)43(3,4)23-12-33(51)40(34(52)13-23)60-18-26(56)19-61-41-35(53)14-24(44)15-36(41)54/h6-15,25-26,55-56H,16-19H2,1-5H3. The van der Waals surface area contributed by atoms with Gasteiger partial charge in [0, 0.05) is 15.3 Å². The Hall–Kier alpha value is 0.300. The minimum absolute atomic E-state index is 0.00314. The first-order chi connectivity index (χ1) is 28.5. The molecule has 328 valence electrons. The van der Waals surface area contributed by atoms with Crippen LogP contribution >= 0.6 is 175 Å². The second-order valence-electron chi connectivity index (χ2n) is 14.8. The van der Waals surface area contributed by atoms with Crippen LogP contribution in [-0.2, 0) is 10.8 Å². The maximum absolute atomic E-state index is 11.0. The monoisotopic (exact) mass is 1530 g/mol. The highest BCUT2D eigenvalue weighted by Gasteiger charge is 2.30. The topological polar surface area (TPSA) is 86.6 Å². The van der Waals surface area contributed by atoms with Crippen LogP contribution in [0, 0.1) is 0 Å². The summed E-state index contributed by atoms with van der Waals surface area (Å²) >= 11 is 39.9. The number of hydrogen-bond acceptors (Lipinski definition) is 7. The Morgan fingerprint density at radius 1 is 0.377 bits per heavy atom. The molecule has 5 rings (SSSR count). The van der Waals surface area contributed by atoms with Crippen molar-refractivity contribution in [3.63, 3.8) is 0 Å². The first-order valence-corrected chi connectivity index (χ1v) is 26.8. The van der Waals surface area contributed by atoms with Gasteiger partial charge in [0.25, 0.3) is 0 Å². The number of hydrogen-bond donors (Lipinski definition) is 2. The van der Waals surface area contributed by atoms with Crippen molar-refractivity contribution < 1.29 is 33.9 Å². The van der Waals surface area contributed by atoms with Gasteiger partial charge in [-0.2, -0.15) is 0 Å². The second-order valence-corrected chi connectivity index (χ2v) is 24.2. The lowest BCUT2D eigenvalue weighted by molar-refractivity contribution is 0.0615. The van der Waals surface area contributed by atoms with Crippen molar-refractivity contribution in [2.24, 2.45) is 0 Å². The summed E-state index contributed by atoms with van der Waals surface area (Å²) in [6.07, 6.45) is -1.82. The Morgan fingerprint density at radius 2 is 0.574 bits per heavy atom. The number of ether oxygens (including phenoxy) is 5. The molecule has 5 aromatic carbocycles. The van der Waals surface area contributed by atoms with Gasteiger partial charge >= 0.3 is 0 Å². The second kappa shape index (κ2) is 22.4. The van der Waals surface area contributed by atoms with Gasteiger partial charge < -0.3 is 33.9 Å². The van der Waals surface area contributed by atoms with E-state index in [2.05, 4.69) is 215 Å². The summed E-state index contributed by atoms with van der Waals surface area (Å²) in [5, 5.41) is 21.6. The van der Waals surface area contributed by atoms with Crippen molar-refractivity contribution in [3.8, 4) is 28.7 Å². The predicted molar refractivity (Wildman–Crippen MR) is 282 cm³/mol. The molecule has 0 radical (unpaired) electrons. The highest BCUT2D eigenvalue weighted by Crippen LogP contribution is 2.46. The fraction of sp³-hybridized carbons (Fsp3) is 0.302. The molecule has 0 bridgehead atoms. The first kappa shape index (κ1) is 52.3. The molecule has 0 heterocycles. The van der Waals surface area contributed by atoms with E-state index in [1.54, 1.807) is 7.11 Å². The van der Waals surface area contributed by atoms with E-state index < -0.39 is 17.6 Å². The van der Waals surface area contributed by atoms with E-state index in [-0.39, 0.29) is 31.8 Å². The average Bonchev–Trinajstić information content (AvgIpc) is 3.16. The number of halogens is 11. The van der Waals surface area contributed by atoms with Crippen LogP contribution in [0.3, 0.4) is 0 Å². The minimum Gasteiger partial charge on any atom is -0.494 e. The summed E-state index contributed by atoms with van der Waals surface area (Å²) in [6.45, 7) is 8.57. The molecule has 0 fully saturated rings. The van der Waals surface area contributed by atoms with Gasteiger partial charge in [0.05, 0.1) is 51.8 Å². The largest absolute Gasteiger partial charge is 0.494 e. The smallest absolute Gasteiger partial charge is 0.147 e. The molecule has 0 saturated carbocycles. The van der Waals surface area contributed by atoms with E-state index in [1.165, 1.54) is 0 Å². The van der Waals surface area contributed by atoms with Crippen LogP contribution in [-0.4, -0.2) is 56.0 Å². The zero-order chi connectivity index (χ0) is 45.1. The molecule has 0 aliphatic carbocycles. The maximum Gasteiger partial charge on any atom is 0.147 e. The molecule has 0 aliphatic heterocycles. The molecular formula is C43H37Br11O7. The van der Waals surface area contributed by atoms with Gasteiger partial charge in [0.15, 0.2) is 0 Å². The molecule has 2 atom stereocenters. The van der Waals surface area contributed by atoms with Crippen LogP contribution in [0.5, 0.6) is 28.7 Å². The van der Waals surface area contributed by atoms with Gasteiger partial charge in [-0.1, -0.05) is 43.6 Å². The molecule has 0 spiro atoms.